The van der Waals surface area contributed by atoms with E-state index in [4.69, 9.17) is 4.74 Å². The molecule has 0 aliphatic carbocycles. The van der Waals surface area contributed by atoms with Gasteiger partial charge in [-0.1, -0.05) is 54.6 Å². The van der Waals surface area contributed by atoms with Crippen molar-refractivity contribution in [3.05, 3.63) is 90.0 Å². The van der Waals surface area contributed by atoms with Gasteiger partial charge in [0.25, 0.3) is 5.91 Å². The first-order valence-corrected chi connectivity index (χ1v) is 13.9. The van der Waals surface area contributed by atoms with Crippen LogP contribution in [0.5, 0.6) is 5.75 Å². The van der Waals surface area contributed by atoms with Crippen molar-refractivity contribution in [3.8, 4) is 16.9 Å². The number of carbonyl (C=O) groups is 2. The van der Waals surface area contributed by atoms with Crippen LogP contribution in [0.4, 0.5) is 0 Å². The number of hydrogen-bond acceptors (Lipinski definition) is 5. The average Bonchev–Trinajstić information content (AvgIpc) is 3.38. The van der Waals surface area contributed by atoms with Gasteiger partial charge in [0.05, 0.1) is 0 Å². The molecule has 2 aliphatic heterocycles. The van der Waals surface area contributed by atoms with Gasteiger partial charge in [0, 0.05) is 63.8 Å². The number of ether oxygens (including phenoxy) is 1. The standard InChI is InChI=1S/C32H38N4O3/c1-34(24-29-14-15-31(37)33-29)23-25-6-5-9-30(22-25)39-21-20-35-16-18-36(19-17-35)32(38)28-12-10-27(11-13-28)26-7-3-2-4-8-26/h2-13,22,29H,14-21,23-24H2,1H3,(H,33,37)/t29-/m0/s1. The number of nitrogens with one attached hydrogen (secondary N) is 1. The number of carbonyl (C=O) groups excluding carboxylic acids is 2. The molecule has 1 N–H and O–H groups in total. The van der Waals surface area contributed by atoms with Crippen molar-refractivity contribution in [2.24, 2.45) is 0 Å². The van der Waals surface area contributed by atoms with E-state index in [0.717, 1.165) is 74.7 Å². The van der Waals surface area contributed by atoms with Crippen molar-refractivity contribution in [2.45, 2.75) is 25.4 Å². The van der Waals surface area contributed by atoms with Crippen LogP contribution < -0.4 is 10.1 Å². The van der Waals surface area contributed by atoms with Gasteiger partial charge in [-0.3, -0.25) is 14.5 Å². The second-order valence-electron chi connectivity index (χ2n) is 10.6. The average molecular weight is 527 g/mol. The first-order valence-electron chi connectivity index (χ1n) is 13.9. The summed E-state index contributed by atoms with van der Waals surface area (Å²) in [5.74, 6) is 1.14. The van der Waals surface area contributed by atoms with Gasteiger partial charge >= 0.3 is 0 Å². The van der Waals surface area contributed by atoms with Crippen molar-refractivity contribution in [3.63, 3.8) is 0 Å². The lowest BCUT2D eigenvalue weighted by atomic mass is 10.0. The number of nitrogens with zero attached hydrogens (tertiary/aromatic N) is 3. The maximum Gasteiger partial charge on any atom is 0.253 e. The fourth-order valence-corrected chi connectivity index (χ4v) is 5.39. The minimum atomic E-state index is 0.0996. The molecule has 2 aliphatic rings. The molecule has 0 radical (unpaired) electrons. The molecule has 1 atom stereocenters. The summed E-state index contributed by atoms with van der Waals surface area (Å²) in [7, 11) is 2.09. The molecule has 0 bridgehead atoms. The summed E-state index contributed by atoms with van der Waals surface area (Å²) in [6, 6.07) is 26.6. The third-order valence-corrected chi connectivity index (χ3v) is 7.54. The lowest BCUT2D eigenvalue weighted by Gasteiger charge is -2.34. The minimum Gasteiger partial charge on any atom is -0.492 e. The molecule has 0 saturated carbocycles. The third-order valence-electron chi connectivity index (χ3n) is 7.54. The Bertz CT molecular complexity index is 1240. The van der Waals surface area contributed by atoms with Gasteiger partial charge in [0.2, 0.25) is 5.91 Å². The largest absolute Gasteiger partial charge is 0.492 e. The zero-order chi connectivity index (χ0) is 27.0. The van der Waals surface area contributed by atoms with Crippen LogP contribution in [0, 0.1) is 0 Å². The molecule has 39 heavy (non-hydrogen) atoms. The van der Waals surface area contributed by atoms with Crippen molar-refractivity contribution >= 4 is 11.8 Å². The van der Waals surface area contributed by atoms with E-state index in [-0.39, 0.29) is 17.9 Å². The highest BCUT2D eigenvalue weighted by molar-refractivity contribution is 5.94. The van der Waals surface area contributed by atoms with Gasteiger partial charge in [0.15, 0.2) is 0 Å². The molecule has 3 aromatic rings. The zero-order valence-corrected chi connectivity index (χ0v) is 22.7. The van der Waals surface area contributed by atoms with Crippen LogP contribution in [0.1, 0.15) is 28.8 Å². The van der Waals surface area contributed by atoms with Gasteiger partial charge in [-0.05, 0) is 54.4 Å². The van der Waals surface area contributed by atoms with Gasteiger partial charge in [-0.2, -0.15) is 0 Å². The Kier molecular flexibility index (Phi) is 8.91. The lowest BCUT2D eigenvalue weighted by molar-refractivity contribution is -0.119. The van der Waals surface area contributed by atoms with Crippen LogP contribution in [0.15, 0.2) is 78.9 Å². The summed E-state index contributed by atoms with van der Waals surface area (Å²) >= 11 is 0. The SMILES string of the molecule is CN(Cc1cccc(OCCN2CCN(C(=O)c3ccc(-c4ccccc4)cc3)CC2)c1)C[C@@H]1CCC(=O)N1. The minimum absolute atomic E-state index is 0.0996. The molecule has 5 rings (SSSR count). The van der Waals surface area contributed by atoms with Gasteiger partial charge in [-0.15, -0.1) is 0 Å². The number of hydrogen-bond donors (Lipinski definition) is 1. The van der Waals surface area contributed by atoms with Gasteiger partial charge in [0.1, 0.15) is 12.4 Å². The Labute approximate surface area is 231 Å². The van der Waals surface area contributed by atoms with Crippen LogP contribution in [0.25, 0.3) is 11.1 Å². The maximum absolute atomic E-state index is 13.0. The van der Waals surface area contributed by atoms with E-state index in [1.165, 1.54) is 5.56 Å². The summed E-state index contributed by atoms with van der Waals surface area (Å²) in [6.45, 7) is 6.25. The normalized spacial score (nSPS) is 17.8. The molecule has 204 valence electrons. The molecule has 2 saturated heterocycles. The number of rotatable bonds is 10. The Morgan fingerprint density at radius 2 is 1.69 bits per heavy atom. The molecule has 0 spiro atoms. The highest BCUT2D eigenvalue weighted by Gasteiger charge is 2.23. The molecule has 0 aromatic heterocycles. The predicted octanol–water partition coefficient (Wildman–Crippen LogP) is 3.90. The van der Waals surface area contributed by atoms with Crippen LogP contribution in [0.3, 0.4) is 0 Å². The Morgan fingerprint density at radius 3 is 2.41 bits per heavy atom. The molecule has 2 amide bonds. The van der Waals surface area contributed by atoms with Crippen molar-refractivity contribution < 1.29 is 14.3 Å². The third kappa shape index (κ3) is 7.46. The smallest absolute Gasteiger partial charge is 0.253 e. The zero-order valence-electron chi connectivity index (χ0n) is 22.7. The second kappa shape index (κ2) is 12.9. The van der Waals surface area contributed by atoms with E-state index in [2.05, 4.69) is 46.4 Å². The van der Waals surface area contributed by atoms with Crippen LogP contribution in [-0.4, -0.2) is 85.5 Å². The van der Waals surface area contributed by atoms with Gasteiger partial charge < -0.3 is 19.9 Å². The fraction of sp³-hybridized carbons (Fsp3) is 0.375. The number of amides is 2. The van der Waals surface area contributed by atoms with E-state index in [9.17, 15) is 9.59 Å². The molecule has 7 nitrogen and oxygen atoms in total. The fourth-order valence-electron chi connectivity index (χ4n) is 5.39. The van der Waals surface area contributed by atoms with Crippen LogP contribution in [-0.2, 0) is 11.3 Å². The summed E-state index contributed by atoms with van der Waals surface area (Å²) in [5.41, 5.74) is 4.21. The topological polar surface area (TPSA) is 65.1 Å². The highest BCUT2D eigenvalue weighted by Crippen LogP contribution is 2.20. The molecular weight excluding hydrogens is 488 g/mol. The Hall–Kier alpha value is -3.68. The van der Waals surface area contributed by atoms with Crippen molar-refractivity contribution in [1.29, 1.82) is 0 Å². The lowest BCUT2D eigenvalue weighted by Crippen LogP contribution is -2.49. The first kappa shape index (κ1) is 26.9. The van der Waals surface area contributed by atoms with Crippen LogP contribution >= 0.6 is 0 Å². The summed E-state index contributed by atoms with van der Waals surface area (Å²) < 4.78 is 6.07. The predicted molar refractivity (Wildman–Crippen MR) is 154 cm³/mol. The number of benzene rings is 3. The molecule has 2 heterocycles. The van der Waals surface area contributed by atoms with E-state index in [1.807, 2.05) is 59.5 Å². The van der Waals surface area contributed by atoms with Crippen molar-refractivity contribution in [1.82, 2.24) is 20.0 Å². The summed E-state index contributed by atoms with van der Waals surface area (Å²) in [4.78, 5) is 31.0. The Morgan fingerprint density at radius 1 is 0.949 bits per heavy atom. The highest BCUT2D eigenvalue weighted by atomic mass is 16.5. The second-order valence-corrected chi connectivity index (χ2v) is 10.6. The molecule has 7 heteroatoms. The molecule has 2 fully saturated rings. The Balaban J connectivity index is 1.03. The van der Waals surface area contributed by atoms with E-state index < -0.39 is 0 Å². The molecule has 3 aromatic carbocycles. The van der Waals surface area contributed by atoms with E-state index >= 15 is 0 Å². The van der Waals surface area contributed by atoms with Crippen LogP contribution in [0.2, 0.25) is 0 Å². The summed E-state index contributed by atoms with van der Waals surface area (Å²) in [5, 5.41) is 3.03. The first-order chi connectivity index (χ1) is 19.0. The number of likely N-dealkylation sites (N-methyl/N-ethyl adjacent to an activating group) is 1. The maximum atomic E-state index is 13.0. The quantitative estimate of drug-likeness (QED) is 0.434. The molecule has 0 unspecified atom stereocenters. The van der Waals surface area contributed by atoms with Gasteiger partial charge in [-0.25, -0.2) is 0 Å². The monoisotopic (exact) mass is 526 g/mol. The van der Waals surface area contributed by atoms with Crippen molar-refractivity contribution in [2.75, 3.05) is 52.9 Å². The molecular formula is C32H38N4O3. The summed E-state index contributed by atoms with van der Waals surface area (Å²) in [6.07, 6.45) is 1.55. The van der Waals surface area contributed by atoms with E-state index in [0.29, 0.717) is 13.0 Å². The van der Waals surface area contributed by atoms with E-state index in [1.54, 1.807) is 0 Å². The number of piperazine rings is 1.